The minimum Gasteiger partial charge on any atom is -0.465 e. The highest BCUT2D eigenvalue weighted by molar-refractivity contribution is 6.01. The van der Waals surface area contributed by atoms with E-state index in [0.29, 0.717) is 16.8 Å². The van der Waals surface area contributed by atoms with Gasteiger partial charge in [0.05, 0.1) is 18.4 Å². The fourth-order valence-corrected chi connectivity index (χ4v) is 2.27. The van der Waals surface area contributed by atoms with E-state index in [9.17, 15) is 4.79 Å². The van der Waals surface area contributed by atoms with E-state index in [2.05, 4.69) is 15.0 Å². The number of hydrogen-bond donors (Lipinski definition) is 0. The lowest BCUT2D eigenvalue weighted by Gasteiger charge is -2.12. The van der Waals surface area contributed by atoms with Gasteiger partial charge in [0, 0.05) is 47.7 Å². The van der Waals surface area contributed by atoms with Gasteiger partial charge in [0.2, 0.25) is 0 Å². The van der Waals surface area contributed by atoms with Crippen molar-refractivity contribution >= 4 is 5.97 Å². The Labute approximate surface area is 127 Å². The molecule has 0 aliphatic carbocycles. The zero-order valence-corrected chi connectivity index (χ0v) is 11.9. The molecule has 3 aromatic rings. The van der Waals surface area contributed by atoms with E-state index in [-0.39, 0.29) is 0 Å². The van der Waals surface area contributed by atoms with E-state index in [4.69, 9.17) is 4.74 Å². The van der Waals surface area contributed by atoms with Gasteiger partial charge in [-0.15, -0.1) is 0 Å². The normalized spacial score (nSPS) is 10.2. The summed E-state index contributed by atoms with van der Waals surface area (Å²) in [6, 6.07) is 9.08. The summed E-state index contributed by atoms with van der Waals surface area (Å²) in [5.74, 6) is -0.411. The molecule has 0 amide bonds. The van der Waals surface area contributed by atoms with Crippen LogP contribution in [0.15, 0.2) is 61.3 Å². The summed E-state index contributed by atoms with van der Waals surface area (Å²) in [7, 11) is 1.36. The molecule has 0 fully saturated rings. The highest BCUT2D eigenvalue weighted by Gasteiger charge is 2.19. The third kappa shape index (κ3) is 2.56. The predicted molar refractivity (Wildman–Crippen MR) is 82.0 cm³/mol. The molecule has 0 aromatic carbocycles. The summed E-state index contributed by atoms with van der Waals surface area (Å²) < 4.78 is 4.89. The number of aromatic nitrogens is 3. The molecule has 3 heterocycles. The lowest BCUT2D eigenvalue weighted by atomic mass is 9.96. The summed E-state index contributed by atoms with van der Waals surface area (Å²) in [6.45, 7) is 0. The Hall–Kier alpha value is -3.08. The highest BCUT2D eigenvalue weighted by Crippen LogP contribution is 2.32. The number of methoxy groups -OCH3 is 1. The van der Waals surface area contributed by atoms with Crippen molar-refractivity contribution in [3.05, 3.63) is 66.9 Å². The fraction of sp³-hybridized carbons (Fsp3) is 0.0588. The third-order valence-corrected chi connectivity index (χ3v) is 3.24. The molecular formula is C17H13N3O2. The molecule has 5 heteroatoms. The number of esters is 1. The molecule has 0 radical (unpaired) electrons. The van der Waals surface area contributed by atoms with Crippen LogP contribution in [0.5, 0.6) is 0 Å². The van der Waals surface area contributed by atoms with Gasteiger partial charge in [-0.05, 0) is 24.3 Å². The second kappa shape index (κ2) is 6.13. The van der Waals surface area contributed by atoms with E-state index < -0.39 is 5.97 Å². The Bertz CT molecular complexity index is 790. The van der Waals surface area contributed by atoms with E-state index in [1.165, 1.54) is 7.11 Å². The average molecular weight is 291 g/mol. The number of rotatable bonds is 3. The molecule has 0 bridgehead atoms. The Morgan fingerprint density at radius 2 is 1.64 bits per heavy atom. The minimum absolute atomic E-state index is 0.411. The summed E-state index contributed by atoms with van der Waals surface area (Å²) in [4.78, 5) is 24.8. The number of pyridine rings is 3. The van der Waals surface area contributed by atoms with E-state index in [1.807, 2.05) is 24.3 Å². The Morgan fingerprint density at radius 3 is 2.23 bits per heavy atom. The van der Waals surface area contributed by atoms with E-state index in [1.54, 1.807) is 37.1 Å². The summed E-state index contributed by atoms with van der Waals surface area (Å²) in [6.07, 6.45) is 8.37. The van der Waals surface area contributed by atoms with Crippen LogP contribution in [0.1, 0.15) is 10.4 Å². The minimum atomic E-state index is -0.411. The van der Waals surface area contributed by atoms with Crippen molar-refractivity contribution in [1.29, 1.82) is 0 Å². The second-order valence-electron chi connectivity index (χ2n) is 4.56. The zero-order chi connectivity index (χ0) is 15.4. The standard InChI is InChI=1S/C17H13N3O2/c1-22-17(21)14-6-9-20-16(13-5-3-8-19-11-13)15(14)12-4-2-7-18-10-12/h2-11H,1H3. The first-order valence-electron chi connectivity index (χ1n) is 6.69. The van der Waals surface area contributed by atoms with Gasteiger partial charge in [-0.1, -0.05) is 6.07 Å². The van der Waals surface area contributed by atoms with Gasteiger partial charge in [0.15, 0.2) is 0 Å². The summed E-state index contributed by atoms with van der Waals surface area (Å²) in [5, 5.41) is 0. The number of ether oxygens (including phenoxy) is 1. The van der Waals surface area contributed by atoms with Gasteiger partial charge in [-0.2, -0.15) is 0 Å². The Balaban J connectivity index is 2.29. The van der Waals surface area contributed by atoms with Crippen LogP contribution in [-0.2, 0) is 4.74 Å². The fourth-order valence-electron chi connectivity index (χ4n) is 2.27. The van der Waals surface area contributed by atoms with Crippen molar-refractivity contribution in [2.45, 2.75) is 0 Å². The zero-order valence-electron chi connectivity index (χ0n) is 11.9. The maximum absolute atomic E-state index is 12.1. The van der Waals surface area contributed by atoms with Crippen LogP contribution in [-0.4, -0.2) is 28.0 Å². The van der Waals surface area contributed by atoms with E-state index in [0.717, 1.165) is 11.1 Å². The number of carbonyl (C=O) groups is 1. The first-order chi connectivity index (χ1) is 10.8. The van der Waals surface area contributed by atoms with Gasteiger partial charge < -0.3 is 4.74 Å². The molecule has 0 atom stereocenters. The lowest BCUT2D eigenvalue weighted by molar-refractivity contribution is 0.0601. The van der Waals surface area contributed by atoms with Crippen LogP contribution in [0, 0.1) is 0 Å². The van der Waals surface area contributed by atoms with Crippen molar-refractivity contribution in [1.82, 2.24) is 15.0 Å². The van der Waals surface area contributed by atoms with Gasteiger partial charge in [-0.25, -0.2) is 4.79 Å². The third-order valence-electron chi connectivity index (χ3n) is 3.24. The maximum atomic E-state index is 12.1. The van der Waals surface area contributed by atoms with Gasteiger partial charge >= 0.3 is 5.97 Å². The maximum Gasteiger partial charge on any atom is 0.338 e. The SMILES string of the molecule is COC(=O)c1ccnc(-c2cccnc2)c1-c1cccnc1. The molecule has 0 aliphatic heterocycles. The first kappa shape index (κ1) is 13.9. The van der Waals surface area contributed by atoms with Gasteiger partial charge in [-0.3, -0.25) is 15.0 Å². The largest absolute Gasteiger partial charge is 0.465 e. The lowest BCUT2D eigenvalue weighted by Crippen LogP contribution is -2.06. The van der Waals surface area contributed by atoms with Crippen molar-refractivity contribution in [2.24, 2.45) is 0 Å². The van der Waals surface area contributed by atoms with Gasteiger partial charge in [0.1, 0.15) is 0 Å². The molecule has 0 aliphatic rings. The molecule has 0 unspecified atom stereocenters. The van der Waals surface area contributed by atoms with Crippen LogP contribution in [0.2, 0.25) is 0 Å². The van der Waals surface area contributed by atoms with Crippen molar-refractivity contribution < 1.29 is 9.53 Å². The molecule has 22 heavy (non-hydrogen) atoms. The topological polar surface area (TPSA) is 65.0 Å². The molecule has 0 saturated carbocycles. The predicted octanol–water partition coefficient (Wildman–Crippen LogP) is 2.99. The van der Waals surface area contributed by atoms with Crippen LogP contribution >= 0.6 is 0 Å². The first-order valence-corrected chi connectivity index (χ1v) is 6.69. The molecule has 108 valence electrons. The molecule has 5 nitrogen and oxygen atoms in total. The van der Waals surface area contributed by atoms with Crippen molar-refractivity contribution in [3.8, 4) is 22.4 Å². The van der Waals surface area contributed by atoms with Crippen molar-refractivity contribution in [2.75, 3.05) is 7.11 Å². The van der Waals surface area contributed by atoms with Crippen LogP contribution < -0.4 is 0 Å². The Kier molecular flexibility index (Phi) is 3.87. The molecule has 0 spiro atoms. The summed E-state index contributed by atoms with van der Waals surface area (Å²) >= 11 is 0. The molecule has 0 N–H and O–H groups in total. The molecule has 3 aromatic heterocycles. The van der Waals surface area contributed by atoms with Crippen molar-refractivity contribution in [3.63, 3.8) is 0 Å². The number of hydrogen-bond acceptors (Lipinski definition) is 5. The number of nitrogens with zero attached hydrogens (tertiary/aromatic N) is 3. The highest BCUT2D eigenvalue weighted by atomic mass is 16.5. The quantitative estimate of drug-likeness (QED) is 0.694. The molecule has 3 rings (SSSR count). The van der Waals surface area contributed by atoms with E-state index >= 15 is 0 Å². The number of carbonyl (C=O) groups excluding carboxylic acids is 1. The molecule has 0 saturated heterocycles. The molecular weight excluding hydrogens is 278 g/mol. The van der Waals surface area contributed by atoms with Crippen LogP contribution in [0.4, 0.5) is 0 Å². The Morgan fingerprint density at radius 1 is 0.955 bits per heavy atom. The van der Waals surface area contributed by atoms with Gasteiger partial charge in [0.25, 0.3) is 0 Å². The second-order valence-corrected chi connectivity index (χ2v) is 4.56. The monoisotopic (exact) mass is 291 g/mol. The summed E-state index contributed by atoms with van der Waals surface area (Å²) in [5.41, 5.74) is 3.44. The van der Waals surface area contributed by atoms with Crippen LogP contribution in [0.3, 0.4) is 0 Å². The smallest absolute Gasteiger partial charge is 0.338 e. The average Bonchev–Trinajstić information content (AvgIpc) is 2.62. The van der Waals surface area contributed by atoms with Crippen LogP contribution in [0.25, 0.3) is 22.4 Å².